The third kappa shape index (κ3) is 2.54. The van der Waals surface area contributed by atoms with Crippen LogP contribution in [0.15, 0.2) is 30.3 Å². The van der Waals surface area contributed by atoms with E-state index in [-0.39, 0.29) is 6.10 Å². The number of aromatic nitrogens is 3. The minimum atomic E-state index is 0.231. The largest absolute Gasteiger partial charge is 0.377 e. The molecule has 0 aliphatic carbocycles. The highest BCUT2D eigenvalue weighted by atomic mass is 16.5. The lowest BCUT2D eigenvalue weighted by Gasteiger charge is -2.22. The molecule has 0 radical (unpaired) electrons. The first kappa shape index (κ1) is 13.1. The molecule has 1 aromatic carbocycles. The third-order valence-electron chi connectivity index (χ3n) is 3.62. The summed E-state index contributed by atoms with van der Waals surface area (Å²) in [6, 6.07) is 10.2. The van der Waals surface area contributed by atoms with Gasteiger partial charge >= 0.3 is 0 Å². The molecule has 2 heterocycles. The van der Waals surface area contributed by atoms with E-state index in [1.54, 1.807) is 0 Å². The quantitative estimate of drug-likeness (QED) is 0.839. The van der Waals surface area contributed by atoms with Crippen LogP contribution in [0.1, 0.15) is 13.3 Å². The van der Waals surface area contributed by atoms with Crippen molar-refractivity contribution in [3.63, 3.8) is 0 Å². The summed E-state index contributed by atoms with van der Waals surface area (Å²) in [6.07, 6.45) is 1.26. The van der Waals surface area contributed by atoms with Crippen LogP contribution in [0.25, 0.3) is 11.4 Å². The van der Waals surface area contributed by atoms with E-state index in [9.17, 15) is 0 Å². The number of hydrogen-bond acceptors (Lipinski definition) is 4. The minimum absolute atomic E-state index is 0.231. The van der Waals surface area contributed by atoms with Crippen molar-refractivity contribution in [2.75, 3.05) is 24.6 Å². The van der Waals surface area contributed by atoms with Crippen LogP contribution >= 0.6 is 0 Å². The Balaban J connectivity index is 1.90. The molecule has 0 amide bonds. The van der Waals surface area contributed by atoms with E-state index in [0.717, 1.165) is 43.5 Å². The van der Waals surface area contributed by atoms with Gasteiger partial charge in [0.2, 0.25) is 5.95 Å². The van der Waals surface area contributed by atoms with Crippen molar-refractivity contribution in [2.45, 2.75) is 19.4 Å². The average molecular weight is 272 g/mol. The summed E-state index contributed by atoms with van der Waals surface area (Å²) >= 11 is 0. The Morgan fingerprint density at radius 1 is 1.20 bits per heavy atom. The fourth-order valence-electron chi connectivity index (χ4n) is 2.61. The maximum atomic E-state index is 5.69. The van der Waals surface area contributed by atoms with Gasteiger partial charge in [-0.25, -0.2) is 0 Å². The maximum absolute atomic E-state index is 5.69. The van der Waals surface area contributed by atoms with Gasteiger partial charge in [-0.3, -0.25) is 4.57 Å². The lowest BCUT2D eigenvalue weighted by Crippen LogP contribution is -2.32. The zero-order valence-corrected chi connectivity index (χ0v) is 12.0. The van der Waals surface area contributed by atoms with Gasteiger partial charge < -0.3 is 9.64 Å². The molecule has 0 bridgehead atoms. The van der Waals surface area contributed by atoms with E-state index < -0.39 is 0 Å². The zero-order chi connectivity index (χ0) is 13.9. The Morgan fingerprint density at radius 3 is 2.80 bits per heavy atom. The van der Waals surface area contributed by atoms with Gasteiger partial charge in [-0.15, -0.1) is 10.2 Å². The molecule has 5 nitrogen and oxygen atoms in total. The second-order valence-corrected chi connectivity index (χ2v) is 5.23. The van der Waals surface area contributed by atoms with Crippen LogP contribution in [0.2, 0.25) is 0 Å². The molecule has 20 heavy (non-hydrogen) atoms. The van der Waals surface area contributed by atoms with Crippen molar-refractivity contribution in [3.8, 4) is 11.4 Å². The van der Waals surface area contributed by atoms with Crippen LogP contribution < -0.4 is 4.90 Å². The molecule has 1 atom stereocenters. The zero-order valence-electron chi connectivity index (χ0n) is 12.0. The first-order valence-electron chi connectivity index (χ1n) is 7.07. The first-order valence-corrected chi connectivity index (χ1v) is 7.07. The minimum Gasteiger partial charge on any atom is -0.377 e. The van der Waals surface area contributed by atoms with Gasteiger partial charge in [0.1, 0.15) is 0 Å². The highest BCUT2D eigenvalue weighted by molar-refractivity contribution is 5.57. The van der Waals surface area contributed by atoms with E-state index in [2.05, 4.69) is 38.7 Å². The molecule has 1 fully saturated rings. The summed E-state index contributed by atoms with van der Waals surface area (Å²) in [5.41, 5.74) is 1.09. The van der Waals surface area contributed by atoms with Crippen LogP contribution in [0.5, 0.6) is 0 Å². The van der Waals surface area contributed by atoms with Gasteiger partial charge in [-0.1, -0.05) is 30.3 Å². The smallest absolute Gasteiger partial charge is 0.227 e. The molecule has 1 aromatic heterocycles. The molecule has 0 saturated carbocycles. The van der Waals surface area contributed by atoms with Gasteiger partial charge in [-0.2, -0.15) is 0 Å². The van der Waals surface area contributed by atoms with Crippen molar-refractivity contribution >= 4 is 5.95 Å². The number of hydrogen-bond donors (Lipinski definition) is 0. The topological polar surface area (TPSA) is 43.2 Å². The molecule has 0 N–H and O–H groups in total. The summed E-state index contributed by atoms with van der Waals surface area (Å²) in [7, 11) is 2.02. The van der Waals surface area contributed by atoms with E-state index in [1.165, 1.54) is 0 Å². The SMILES string of the molecule is C[C@H]1CN(c2nnc(-c3ccccc3)n2C)CCCO1. The molecule has 1 aliphatic rings. The normalized spacial score (nSPS) is 19.9. The Labute approximate surface area is 119 Å². The third-order valence-corrected chi connectivity index (χ3v) is 3.62. The summed E-state index contributed by atoms with van der Waals surface area (Å²) in [5.74, 6) is 1.82. The van der Waals surface area contributed by atoms with Gasteiger partial charge in [0.25, 0.3) is 0 Å². The van der Waals surface area contributed by atoms with Crippen molar-refractivity contribution in [2.24, 2.45) is 7.05 Å². The molecule has 3 rings (SSSR count). The van der Waals surface area contributed by atoms with Gasteiger partial charge in [-0.05, 0) is 13.3 Å². The Morgan fingerprint density at radius 2 is 2.00 bits per heavy atom. The van der Waals surface area contributed by atoms with Crippen molar-refractivity contribution in [3.05, 3.63) is 30.3 Å². The fraction of sp³-hybridized carbons (Fsp3) is 0.467. The highest BCUT2D eigenvalue weighted by Crippen LogP contribution is 2.22. The van der Waals surface area contributed by atoms with E-state index in [0.29, 0.717) is 0 Å². The molecule has 0 spiro atoms. The molecule has 2 aromatic rings. The molecule has 106 valence electrons. The fourth-order valence-corrected chi connectivity index (χ4v) is 2.61. The van der Waals surface area contributed by atoms with E-state index >= 15 is 0 Å². The maximum Gasteiger partial charge on any atom is 0.227 e. The Bertz CT molecular complexity index is 567. The number of nitrogens with zero attached hydrogens (tertiary/aromatic N) is 4. The van der Waals surface area contributed by atoms with Crippen LogP contribution in [-0.2, 0) is 11.8 Å². The number of anilines is 1. The molecule has 1 saturated heterocycles. The standard InChI is InChI=1S/C15H20N4O/c1-12-11-19(9-6-10-20-12)15-17-16-14(18(15)2)13-7-4-3-5-8-13/h3-5,7-8,12H,6,9-11H2,1-2H3/t12-/m0/s1. The summed E-state index contributed by atoms with van der Waals surface area (Å²) in [6.45, 7) is 4.75. The van der Waals surface area contributed by atoms with Gasteiger partial charge in [0.15, 0.2) is 5.82 Å². The molecule has 1 aliphatic heterocycles. The summed E-state index contributed by atoms with van der Waals surface area (Å²) in [5, 5.41) is 8.72. The van der Waals surface area contributed by atoms with Crippen LogP contribution in [-0.4, -0.2) is 40.6 Å². The number of benzene rings is 1. The lowest BCUT2D eigenvalue weighted by atomic mass is 10.2. The average Bonchev–Trinajstić information content (AvgIpc) is 2.71. The van der Waals surface area contributed by atoms with Crippen LogP contribution in [0.3, 0.4) is 0 Å². The number of rotatable bonds is 2. The first-order chi connectivity index (χ1) is 9.75. The Kier molecular flexibility index (Phi) is 3.69. The molecular weight excluding hydrogens is 252 g/mol. The van der Waals surface area contributed by atoms with E-state index in [1.807, 2.05) is 25.2 Å². The van der Waals surface area contributed by atoms with Crippen LogP contribution in [0, 0.1) is 0 Å². The number of ether oxygens (including phenoxy) is 1. The predicted octanol–water partition coefficient (Wildman–Crippen LogP) is 2.10. The second-order valence-electron chi connectivity index (χ2n) is 5.23. The van der Waals surface area contributed by atoms with Gasteiger partial charge in [0, 0.05) is 32.3 Å². The van der Waals surface area contributed by atoms with Crippen molar-refractivity contribution in [1.82, 2.24) is 14.8 Å². The molecular formula is C15H20N4O. The van der Waals surface area contributed by atoms with E-state index in [4.69, 9.17) is 4.74 Å². The predicted molar refractivity (Wildman–Crippen MR) is 78.7 cm³/mol. The summed E-state index contributed by atoms with van der Waals surface area (Å²) < 4.78 is 7.75. The van der Waals surface area contributed by atoms with Crippen molar-refractivity contribution in [1.29, 1.82) is 0 Å². The molecule has 5 heteroatoms. The monoisotopic (exact) mass is 272 g/mol. The highest BCUT2D eigenvalue weighted by Gasteiger charge is 2.21. The van der Waals surface area contributed by atoms with Gasteiger partial charge in [0.05, 0.1) is 6.10 Å². The lowest BCUT2D eigenvalue weighted by molar-refractivity contribution is 0.0820. The summed E-state index contributed by atoms with van der Waals surface area (Å²) in [4.78, 5) is 2.26. The van der Waals surface area contributed by atoms with Crippen LogP contribution in [0.4, 0.5) is 5.95 Å². The van der Waals surface area contributed by atoms with Crippen molar-refractivity contribution < 1.29 is 4.74 Å². The Hall–Kier alpha value is -1.88. The second kappa shape index (κ2) is 5.63. The molecule has 0 unspecified atom stereocenters.